The fourth-order valence-electron chi connectivity index (χ4n) is 12.1. The Balaban J connectivity index is 0.992. The second-order valence-corrected chi connectivity index (χ2v) is 23.0. The monoisotopic (exact) mass is 967 g/mol. The number of imidazole rings is 1. The molecule has 15 nitrogen and oxygen atoms in total. The van der Waals surface area contributed by atoms with E-state index in [1.54, 1.807) is 4.90 Å². The number of fused-ring (bicyclic) bond motifs is 2. The molecule has 3 aromatic carbocycles. The van der Waals surface area contributed by atoms with Gasteiger partial charge in [-0.15, -0.1) is 0 Å². The first-order valence-corrected chi connectivity index (χ1v) is 25.3. The zero-order valence-electron chi connectivity index (χ0n) is 43.0. The average Bonchev–Trinajstić information content (AvgIpc) is 4.19. The molecule has 2 aliphatic carbocycles. The number of ether oxygens (including phenoxy) is 2. The molecule has 4 atom stereocenters. The van der Waals surface area contributed by atoms with E-state index in [0.717, 1.165) is 47.2 Å². The highest BCUT2D eigenvalue weighted by Gasteiger charge is 2.47. The Hall–Kier alpha value is -6.51. The molecule has 1 spiro atoms. The van der Waals surface area contributed by atoms with E-state index in [1.165, 1.54) is 56.6 Å². The molecule has 71 heavy (non-hydrogen) atoms. The van der Waals surface area contributed by atoms with Crippen molar-refractivity contribution in [2.24, 2.45) is 28.1 Å². The highest BCUT2D eigenvalue weighted by Crippen LogP contribution is 2.53. The van der Waals surface area contributed by atoms with Crippen LogP contribution in [0.5, 0.6) is 0 Å². The highest BCUT2D eigenvalue weighted by atomic mass is 16.5. The third-order valence-corrected chi connectivity index (χ3v) is 15.8. The van der Waals surface area contributed by atoms with Crippen LogP contribution in [0.2, 0.25) is 0 Å². The second-order valence-electron chi connectivity index (χ2n) is 23.0. The van der Waals surface area contributed by atoms with Gasteiger partial charge >= 0.3 is 12.2 Å². The topological polar surface area (TPSA) is 192 Å². The molecule has 1 saturated carbocycles. The lowest BCUT2D eigenvalue weighted by Gasteiger charge is -2.30. The van der Waals surface area contributed by atoms with Crippen molar-refractivity contribution in [2.75, 3.05) is 27.3 Å². The van der Waals surface area contributed by atoms with Crippen LogP contribution in [0.15, 0.2) is 65.6 Å². The van der Waals surface area contributed by atoms with Crippen LogP contribution >= 0.6 is 0 Å². The number of aromatic nitrogens is 4. The first-order valence-electron chi connectivity index (χ1n) is 25.3. The summed E-state index contributed by atoms with van der Waals surface area (Å²) in [6, 6.07) is 16.8. The van der Waals surface area contributed by atoms with Gasteiger partial charge in [-0.3, -0.25) is 14.4 Å². The molecule has 2 aliphatic heterocycles. The Bertz CT molecular complexity index is 2930. The highest BCUT2D eigenvalue weighted by molar-refractivity contribution is 5.89. The third kappa shape index (κ3) is 9.68. The number of hydrogen-bond acceptors (Lipinski definition) is 9. The van der Waals surface area contributed by atoms with E-state index in [4.69, 9.17) is 19.4 Å². The summed E-state index contributed by atoms with van der Waals surface area (Å²) in [5.74, 6) is 0.434. The molecule has 3 fully saturated rings. The van der Waals surface area contributed by atoms with Gasteiger partial charge in [0.05, 0.1) is 49.1 Å². The van der Waals surface area contributed by atoms with Crippen LogP contribution in [0.25, 0.3) is 44.4 Å². The Labute approximate surface area is 416 Å². The van der Waals surface area contributed by atoms with Gasteiger partial charge in [-0.25, -0.2) is 19.6 Å². The smallest absolute Gasteiger partial charge is 0.407 e. The van der Waals surface area contributed by atoms with E-state index >= 15 is 0 Å². The van der Waals surface area contributed by atoms with Crippen LogP contribution in [0, 0.1) is 28.1 Å². The summed E-state index contributed by atoms with van der Waals surface area (Å²) in [4.78, 5) is 86.7. The largest absolute Gasteiger partial charge is 0.453 e. The van der Waals surface area contributed by atoms with Gasteiger partial charge in [0.1, 0.15) is 23.7 Å². The van der Waals surface area contributed by atoms with E-state index in [0.29, 0.717) is 42.1 Å². The van der Waals surface area contributed by atoms with Crippen LogP contribution in [0.3, 0.4) is 0 Å². The maximum absolute atomic E-state index is 14.1. The minimum Gasteiger partial charge on any atom is -0.453 e. The number of nitrogens with zero attached hydrogens (tertiary/aromatic N) is 4. The summed E-state index contributed by atoms with van der Waals surface area (Å²) in [7, 11) is 2.58. The van der Waals surface area contributed by atoms with E-state index in [2.05, 4.69) is 90.8 Å². The second kappa shape index (κ2) is 18.9. The van der Waals surface area contributed by atoms with Crippen molar-refractivity contribution in [3.05, 3.63) is 93.9 Å². The lowest BCUT2D eigenvalue weighted by Crippen LogP contribution is -2.51. The summed E-state index contributed by atoms with van der Waals surface area (Å²) in [6.07, 6.45) is 8.71. The Morgan fingerprint density at radius 3 is 1.69 bits per heavy atom. The first kappa shape index (κ1) is 49.5. The normalized spacial score (nSPS) is 20.7. The van der Waals surface area contributed by atoms with Crippen molar-refractivity contribution in [3.63, 3.8) is 0 Å². The molecule has 4 N–H and O–H groups in total. The quantitative estimate of drug-likeness (QED) is 0.0998. The van der Waals surface area contributed by atoms with Crippen molar-refractivity contribution in [1.82, 2.24) is 40.4 Å². The summed E-state index contributed by atoms with van der Waals surface area (Å²) in [5.41, 5.74) is 9.15. The number of alkyl carbamates (subject to hydrolysis) is 2. The van der Waals surface area contributed by atoms with Gasteiger partial charge in [-0.1, -0.05) is 111 Å². The number of nitrogens with one attached hydrogen (secondary N) is 4. The number of likely N-dealkylation sites (tertiary alicyclic amines) is 2. The molecule has 376 valence electrons. The van der Waals surface area contributed by atoms with Crippen LogP contribution in [-0.4, -0.2) is 93.1 Å². The average molecular weight is 967 g/mol. The fourth-order valence-corrected chi connectivity index (χ4v) is 12.1. The standard InChI is InChI=1S/C56H70N8O7/c1-31(2)45(60-52(68)70-9)50(66)63-29-54(5,6)26-43(63)47-57-28-42(59-47)34-15-13-33(14-16-34)36-18-19-37(40-25-56(24-39(36)40)21-11-12-22-56)35-17-20-41-38(23-35)49(65)62-48(58-41)44-27-55(7,8)30-64(44)51(67)46(32(3)4)61-53(69)71-10/h13-20,23,28,31-32,43-46H,11-12,21-22,24-27,29-30H2,1-10H3,(H,57,59)(H,60,68)(H,61,69)(H,58,62,65)/t43-,44-,45-,46-/m0/s1. The van der Waals surface area contributed by atoms with Gasteiger partial charge in [0.15, 0.2) is 0 Å². The lowest BCUT2D eigenvalue weighted by molar-refractivity contribution is -0.136. The zero-order chi connectivity index (χ0) is 50.7. The predicted octanol–water partition coefficient (Wildman–Crippen LogP) is 9.67. The first-order chi connectivity index (χ1) is 33.7. The minimum absolute atomic E-state index is 0.137. The molecule has 2 saturated heterocycles. The molecule has 4 amide bonds. The van der Waals surface area contributed by atoms with Crippen LogP contribution in [0.1, 0.15) is 129 Å². The van der Waals surface area contributed by atoms with Crippen LogP contribution < -0.4 is 16.2 Å². The lowest BCUT2D eigenvalue weighted by atomic mass is 9.82. The predicted molar refractivity (Wildman–Crippen MR) is 273 cm³/mol. The van der Waals surface area contributed by atoms with E-state index in [9.17, 15) is 24.0 Å². The summed E-state index contributed by atoms with van der Waals surface area (Å²) in [6.45, 7) is 17.1. The van der Waals surface area contributed by atoms with Crippen molar-refractivity contribution < 1.29 is 28.7 Å². The molecule has 4 aliphatic rings. The zero-order valence-corrected chi connectivity index (χ0v) is 43.0. The van der Waals surface area contributed by atoms with Gasteiger partial charge in [0, 0.05) is 13.1 Å². The number of aromatic amines is 2. The molecule has 0 bridgehead atoms. The molecule has 4 heterocycles. The van der Waals surface area contributed by atoms with Crippen LogP contribution in [0.4, 0.5) is 9.59 Å². The molecular formula is C56H70N8O7. The van der Waals surface area contributed by atoms with Gasteiger partial charge in [-0.2, -0.15) is 0 Å². The molecule has 5 aromatic rings. The Kier molecular flexibility index (Phi) is 13.2. The van der Waals surface area contributed by atoms with Crippen LogP contribution in [-0.2, 0) is 31.9 Å². The summed E-state index contributed by atoms with van der Waals surface area (Å²) in [5, 5.41) is 5.95. The van der Waals surface area contributed by atoms with Gasteiger partial charge < -0.3 is 39.9 Å². The van der Waals surface area contributed by atoms with Crippen molar-refractivity contribution in [1.29, 1.82) is 0 Å². The summed E-state index contributed by atoms with van der Waals surface area (Å²) >= 11 is 0. The minimum atomic E-state index is -0.799. The SMILES string of the molecule is COC(=O)N[C@H](C(=O)N1CC(C)(C)C[C@H]1c1ncc(-c2ccc(-c3ccc(-c4ccc5nc([C@@H]6CC(C)(C)CN6C(=O)[C@@H](NC(=O)OC)C(C)C)[nH]c(=O)c5c4)c4c3CC3(CCCC3)C4)cc2)[nH]1)C(C)C. The molecule has 0 radical (unpaired) electrons. The van der Waals surface area contributed by atoms with E-state index in [-0.39, 0.29) is 51.5 Å². The maximum Gasteiger partial charge on any atom is 0.407 e. The molecule has 2 aromatic heterocycles. The third-order valence-electron chi connectivity index (χ3n) is 15.8. The molecule has 15 heteroatoms. The van der Waals surface area contributed by atoms with E-state index < -0.39 is 30.3 Å². The number of methoxy groups -OCH3 is 2. The molecule has 0 unspecified atom stereocenters. The van der Waals surface area contributed by atoms with Gasteiger partial charge in [0.25, 0.3) is 5.56 Å². The van der Waals surface area contributed by atoms with Crippen molar-refractivity contribution >= 4 is 34.9 Å². The molecular weight excluding hydrogens is 897 g/mol. The number of amides is 4. The number of carbonyl (C=O) groups is 4. The number of H-pyrrole nitrogens is 2. The van der Waals surface area contributed by atoms with Crippen molar-refractivity contribution in [2.45, 2.75) is 131 Å². The van der Waals surface area contributed by atoms with Crippen molar-refractivity contribution in [3.8, 4) is 33.5 Å². The number of benzene rings is 3. The van der Waals surface area contributed by atoms with E-state index in [1.807, 2.05) is 50.9 Å². The fraction of sp³-hybridized carbons (Fsp3) is 0.518. The summed E-state index contributed by atoms with van der Waals surface area (Å²) < 4.78 is 9.68. The Morgan fingerprint density at radius 2 is 1.17 bits per heavy atom. The maximum atomic E-state index is 14.1. The number of carbonyl (C=O) groups excluding carboxylic acids is 4. The van der Waals surface area contributed by atoms with Gasteiger partial charge in [-0.05, 0) is 118 Å². The molecule has 9 rings (SSSR count). The van der Waals surface area contributed by atoms with Gasteiger partial charge in [0.2, 0.25) is 11.8 Å². The number of rotatable bonds is 11. The Morgan fingerprint density at radius 1 is 0.676 bits per heavy atom. The number of hydrogen-bond donors (Lipinski definition) is 4.